The summed E-state index contributed by atoms with van der Waals surface area (Å²) in [5, 5.41) is 2.69. The molecule has 1 aromatic heterocycles. The largest absolute Gasteiger partial charge is 0.352 e. The molecule has 136 valence electrons. The van der Waals surface area contributed by atoms with Gasteiger partial charge in [-0.2, -0.15) is 0 Å². The molecule has 1 aromatic rings. The van der Waals surface area contributed by atoms with Crippen molar-refractivity contribution in [1.29, 1.82) is 0 Å². The number of carbonyl (C=O) groups excluding carboxylic acids is 2. The molecular formula is C15H21N5O4S. The average molecular weight is 367 g/mol. The molecule has 1 unspecified atom stereocenters. The lowest BCUT2D eigenvalue weighted by Crippen LogP contribution is -2.48. The monoisotopic (exact) mass is 367 g/mol. The molecule has 3 heterocycles. The van der Waals surface area contributed by atoms with E-state index >= 15 is 0 Å². The van der Waals surface area contributed by atoms with Crippen molar-refractivity contribution >= 4 is 27.5 Å². The number of nitrogens with zero attached hydrogens (tertiary/aromatic N) is 4. The molecule has 0 aliphatic carbocycles. The number of aromatic nitrogens is 2. The van der Waals surface area contributed by atoms with Crippen LogP contribution in [0.25, 0.3) is 0 Å². The van der Waals surface area contributed by atoms with Crippen molar-refractivity contribution in [2.75, 3.05) is 42.6 Å². The van der Waals surface area contributed by atoms with E-state index in [9.17, 15) is 18.0 Å². The lowest BCUT2D eigenvalue weighted by atomic mass is 10.2. The molecule has 10 heteroatoms. The number of amides is 2. The molecule has 2 fully saturated rings. The van der Waals surface area contributed by atoms with E-state index in [0.29, 0.717) is 38.4 Å². The van der Waals surface area contributed by atoms with Crippen molar-refractivity contribution in [2.45, 2.75) is 19.4 Å². The maximum atomic E-state index is 12.2. The molecule has 1 N–H and O–H groups in total. The van der Waals surface area contributed by atoms with Crippen molar-refractivity contribution in [2.24, 2.45) is 0 Å². The summed E-state index contributed by atoms with van der Waals surface area (Å²) in [6.07, 6.45) is 3.36. The summed E-state index contributed by atoms with van der Waals surface area (Å²) in [7, 11) is -3.04. The molecule has 0 radical (unpaired) electrons. The summed E-state index contributed by atoms with van der Waals surface area (Å²) in [6.45, 7) is 4.16. The molecule has 2 saturated heterocycles. The highest BCUT2D eigenvalue weighted by Crippen LogP contribution is 2.14. The van der Waals surface area contributed by atoms with Crippen LogP contribution >= 0.6 is 0 Å². The number of rotatable bonds is 3. The summed E-state index contributed by atoms with van der Waals surface area (Å²) in [5.41, 5.74) is 0.162. The second kappa shape index (κ2) is 6.95. The zero-order valence-corrected chi connectivity index (χ0v) is 14.8. The molecule has 3 rings (SSSR count). The molecule has 2 amide bonds. The smallest absolute Gasteiger partial charge is 0.271 e. The van der Waals surface area contributed by atoms with Crippen LogP contribution in [0.4, 0.5) is 5.82 Å². The SMILES string of the molecule is CC(=O)N1CCN(c2cnc(C(=O)NC3CCS(=O)(=O)C3)cn2)CC1. The van der Waals surface area contributed by atoms with Crippen molar-refractivity contribution < 1.29 is 18.0 Å². The topological polar surface area (TPSA) is 113 Å². The number of anilines is 1. The number of nitrogens with one attached hydrogen (secondary N) is 1. The van der Waals surface area contributed by atoms with E-state index < -0.39 is 15.7 Å². The van der Waals surface area contributed by atoms with Gasteiger partial charge < -0.3 is 15.1 Å². The van der Waals surface area contributed by atoms with E-state index in [4.69, 9.17) is 0 Å². The van der Waals surface area contributed by atoms with Crippen molar-refractivity contribution in [3.8, 4) is 0 Å². The van der Waals surface area contributed by atoms with Crippen LogP contribution in [0.5, 0.6) is 0 Å². The third-order valence-electron chi connectivity index (χ3n) is 4.49. The van der Waals surface area contributed by atoms with Gasteiger partial charge >= 0.3 is 0 Å². The maximum absolute atomic E-state index is 12.2. The Hall–Kier alpha value is -2.23. The van der Waals surface area contributed by atoms with Crippen LogP contribution in [0.2, 0.25) is 0 Å². The highest BCUT2D eigenvalue weighted by Gasteiger charge is 2.29. The summed E-state index contributed by atoms with van der Waals surface area (Å²) in [5.74, 6) is 0.386. The Labute approximate surface area is 146 Å². The van der Waals surface area contributed by atoms with Crippen molar-refractivity contribution in [1.82, 2.24) is 20.2 Å². The molecular weight excluding hydrogens is 346 g/mol. The number of hydrogen-bond donors (Lipinski definition) is 1. The zero-order chi connectivity index (χ0) is 18.0. The van der Waals surface area contributed by atoms with Gasteiger partial charge in [0, 0.05) is 39.1 Å². The Morgan fingerprint density at radius 3 is 2.40 bits per heavy atom. The fraction of sp³-hybridized carbons (Fsp3) is 0.600. The van der Waals surface area contributed by atoms with Gasteiger partial charge in [-0.25, -0.2) is 18.4 Å². The van der Waals surface area contributed by atoms with Gasteiger partial charge in [-0.05, 0) is 6.42 Å². The molecule has 25 heavy (non-hydrogen) atoms. The normalized spacial score (nSPS) is 22.7. The van der Waals surface area contributed by atoms with E-state index in [2.05, 4.69) is 15.3 Å². The molecule has 2 aliphatic heterocycles. The molecule has 9 nitrogen and oxygen atoms in total. The second-order valence-corrected chi connectivity index (χ2v) is 8.56. The Kier molecular flexibility index (Phi) is 4.89. The van der Waals surface area contributed by atoms with Gasteiger partial charge in [0.1, 0.15) is 11.5 Å². The van der Waals surface area contributed by atoms with E-state index in [1.165, 1.54) is 12.4 Å². The average Bonchev–Trinajstić information content (AvgIpc) is 2.93. The Morgan fingerprint density at radius 2 is 1.88 bits per heavy atom. The number of carbonyl (C=O) groups is 2. The predicted octanol–water partition coefficient (Wildman–Crippen LogP) is -0.938. The molecule has 1 atom stereocenters. The first-order valence-corrected chi connectivity index (χ1v) is 10.00. The maximum Gasteiger partial charge on any atom is 0.271 e. The first kappa shape index (κ1) is 17.6. The highest BCUT2D eigenvalue weighted by molar-refractivity contribution is 7.91. The van der Waals surface area contributed by atoms with Crippen molar-refractivity contribution in [3.63, 3.8) is 0 Å². The zero-order valence-electron chi connectivity index (χ0n) is 14.0. The first-order valence-electron chi connectivity index (χ1n) is 8.18. The predicted molar refractivity (Wildman–Crippen MR) is 91.0 cm³/mol. The summed E-state index contributed by atoms with van der Waals surface area (Å²) in [6, 6.07) is -0.362. The van der Waals surface area contributed by atoms with Crippen molar-refractivity contribution in [3.05, 3.63) is 18.1 Å². The van der Waals surface area contributed by atoms with E-state index in [-0.39, 0.29) is 29.1 Å². The minimum absolute atomic E-state index is 0.0231. The third-order valence-corrected chi connectivity index (χ3v) is 6.26. The van der Waals surface area contributed by atoms with E-state index in [1.807, 2.05) is 4.90 Å². The van der Waals surface area contributed by atoms with Gasteiger partial charge in [0.15, 0.2) is 9.84 Å². The Balaban J connectivity index is 1.57. The van der Waals surface area contributed by atoms with Crippen LogP contribution in [0, 0.1) is 0 Å². The van der Waals surface area contributed by atoms with Gasteiger partial charge in [0.05, 0.1) is 23.9 Å². The summed E-state index contributed by atoms with van der Waals surface area (Å²) >= 11 is 0. The second-order valence-electron chi connectivity index (χ2n) is 6.33. The third kappa shape index (κ3) is 4.25. The first-order chi connectivity index (χ1) is 11.8. The molecule has 0 spiro atoms. The van der Waals surface area contributed by atoms with Crippen LogP contribution in [0.3, 0.4) is 0 Å². The van der Waals surface area contributed by atoms with Crippen LogP contribution in [0.15, 0.2) is 12.4 Å². The van der Waals surface area contributed by atoms with Crippen LogP contribution < -0.4 is 10.2 Å². The van der Waals surface area contributed by atoms with Gasteiger partial charge in [-0.1, -0.05) is 0 Å². The standard InChI is InChI=1S/C15H21N5O4S/c1-11(21)19-3-5-20(6-4-19)14-9-16-13(8-17-14)15(22)18-12-2-7-25(23,24)10-12/h8-9,12H,2-7,10H2,1H3,(H,18,22). The van der Waals surface area contributed by atoms with Gasteiger partial charge in [-0.3, -0.25) is 9.59 Å². The van der Waals surface area contributed by atoms with Gasteiger partial charge in [-0.15, -0.1) is 0 Å². The fourth-order valence-corrected chi connectivity index (χ4v) is 4.69. The fourth-order valence-electron chi connectivity index (χ4n) is 3.02. The minimum Gasteiger partial charge on any atom is -0.352 e. The number of sulfone groups is 1. The highest BCUT2D eigenvalue weighted by atomic mass is 32.2. The molecule has 0 saturated carbocycles. The quantitative estimate of drug-likeness (QED) is 0.734. The van der Waals surface area contributed by atoms with Crippen LogP contribution in [0.1, 0.15) is 23.8 Å². The van der Waals surface area contributed by atoms with E-state index in [0.717, 1.165) is 0 Å². The Bertz CT molecular complexity index is 757. The van der Waals surface area contributed by atoms with Crippen LogP contribution in [-0.2, 0) is 14.6 Å². The summed E-state index contributed by atoms with van der Waals surface area (Å²) < 4.78 is 22.9. The van der Waals surface area contributed by atoms with Gasteiger partial charge in [0.25, 0.3) is 5.91 Å². The minimum atomic E-state index is -3.04. The molecule has 2 aliphatic rings. The number of piperazine rings is 1. The Morgan fingerprint density at radius 1 is 1.16 bits per heavy atom. The van der Waals surface area contributed by atoms with E-state index in [1.54, 1.807) is 11.8 Å². The van der Waals surface area contributed by atoms with Gasteiger partial charge in [0.2, 0.25) is 5.91 Å². The lowest BCUT2D eigenvalue weighted by molar-refractivity contribution is -0.129. The van der Waals surface area contributed by atoms with Crippen LogP contribution in [-0.4, -0.2) is 78.8 Å². The molecule has 0 aromatic carbocycles. The summed E-state index contributed by atoms with van der Waals surface area (Å²) in [4.78, 5) is 35.7. The lowest BCUT2D eigenvalue weighted by Gasteiger charge is -2.34. The number of hydrogen-bond acceptors (Lipinski definition) is 7. The molecule has 0 bridgehead atoms.